The maximum absolute atomic E-state index is 13.0. The number of Topliss-reactive ketones (excluding diaryl/α,β-unsaturated/α-hetero) is 1. The van der Waals surface area contributed by atoms with Crippen LogP contribution in [0.2, 0.25) is 0 Å². The molecular formula is C20H28O5. The van der Waals surface area contributed by atoms with Crippen molar-refractivity contribution in [2.45, 2.75) is 70.5 Å². The van der Waals surface area contributed by atoms with E-state index in [1.54, 1.807) is 0 Å². The lowest BCUT2D eigenvalue weighted by molar-refractivity contribution is -0.157. The summed E-state index contributed by atoms with van der Waals surface area (Å²) in [6.07, 6.45) is 3.87. The number of hydrogen-bond acceptors (Lipinski definition) is 4. The zero-order valence-electron chi connectivity index (χ0n) is 15.0. The third kappa shape index (κ3) is 1.48. The molecule has 5 rings (SSSR count). The van der Waals surface area contributed by atoms with Crippen molar-refractivity contribution in [1.82, 2.24) is 0 Å². The first kappa shape index (κ1) is 16.2. The number of carboxylic acid groups (broad SMARTS) is 1. The first-order chi connectivity index (χ1) is 11.6. The van der Waals surface area contributed by atoms with Crippen molar-refractivity contribution in [3.63, 3.8) is 0 Å². The van der Waals surface area contributed by atoms with E-state index < -0.39 is 34.4 Å². The van der Waals surface area contributed by atoms with Gasteiger partial charge >= 0.3 is 5.97 Å². The van der Waals surface area contributed by atoms with Gasteiger partial charge in [0.05, 0.1) is 23.0 Å². The molecule has 5 heteroatoms. The highest BCUT2D eigenvalue weighted by Crippen LogP contribution is 2.81. The number of carboxylic acids is 1. The van der Waals surface area contributed by atoms with Crippen LogP contribution < -0.4 is 0 Å². The van der Waals surface area contributed by atoms with Crippen LogP contribution in [-0.4, -0.2) is 38.8 Å². The maximum Gasteiger partial charge on any atom is 0.307 e. The highest BCUT2D eigenvalue weighted by molar-refractivity contribution is 5.91. The van der Waals surface area contributed by atoms with Crippen LogP contribution in [-0.2, 0) is 9.59 Å². The molecule has 138 valence electrons. The number of rotatable bonds is 1. The molecule has 5 fully saturated rings. The van der Waals surface area contributed by atoms with Gasteiger partial charge in [-0.05, 0) is 74.0 Å². The molecule has 2 unspecified atom stereocenters. The molecule has 0 radical (unpaired) electrons. The van der Waals surface area contributed by atoms with Gasteiger partial charge in [0.25, 0.3) is 0 Å². The lowest BCUT2D eigenvalue weighted by Gasteiger charge is -2.48. The molecule has 3 N–H and O–H groups in total. The molecule has 5 nitrogen and oxygen atoms in total. The van der Waals surface area contributed by atoms with Crippen molar-refractivity contribution in [2.75, 3.05) is 0 Å². The Balaban J connectivity index is 1.75. The van der Waals surface area contributed by atoms with E-state index in [0.29, 0.717) is 19.3 Å². The van der Waals surface area contributed by atoms with Crippen LogP contribution in [0, 0.1) is 39.9 Å². The maximum atomic E-state index is 13.0. The first-order valence-electron chi connectivity index (χ1n) is 9.78. The Labute approximate surface area is 147 Å². The van der Waals surface area contributed by atoms with Crippen LogP contribution in [0.4, 0.5) is 0 Å². The molecule has 5 saturated carbocycles. The second-order valence-corrected chi connectivity index (χ2v) is 10.2. The van der Waals surface area contributed by atoms with Crippen LogP contribution in [0.15, 0.2) is 0 Å². The molecule has 0 heterocycles. The fourth-order valence-electron chi connectivity index (χ4n) is 8.80. The van der Waals surface area contributed by atoms with Crippen molar-refractivity contribution < 1.29 is 24.9 Å². The highest BCUT2D eigenvalue weighted by atomic mass is 16.4. The molecule has 5 aliphatic rings. The minimum absolute atomic E-state index is 0.0653. The molecule has 5 aliphatic carbocycles. The van der Waals surface area contributed by atoms with Gasteiger partial charge in [0.2, 0.25) is 0 Å². The van der Waals surface area contributed by atoms with E-state index in [1.807, 2.05) is 6.92 Å². The fourth-order valence-corrected chi connectivity index (χ4v) is 8.80. The van der Waals surface area contributed by atoms with E-state index in [0.717, 1.165) is 25.7 Å². The van der Waals surface area contributed by atoms with Crippen molar-refractivity contribution in [3.8, 4) is 0 Å². The number of carbonyl (C=O) groups excluding carboxylic acids is 1. The molecule has 4 bridgehead atoms. The Hall–Kier alpha value is -0.940. The van der Waals surface area contributed by atoms with Crippen molar-refractivity contribution >= 4 is 11.8 Å². The molecule has 1 spiro atoms. The molecule has 0 aromatic rings. The predicted molar refractivity (Wildman–Crippen MR) is 88.5 cm³/mol. The van der Waals surface area contributed by atoms with E-state index in [1.165, 1.54) is 0 Å². The van der Waals surface area contributed by atoms with Gasteiger partial charge in [-0.3, -0.25) is 9.59 Å². The Morgan fingerprint density at radius 3 is 2.60 bits per heavy atom. The van der Waals surface area contributed by atoms with Gasteiger partial charge in [-0.1, -0.05) is 6.92 Å². The summed E-state index contributed by atoms with van der Waals surface area (Å²) >= 11 is 0. The molecule has 0 aliphatic heterocycles. The van der Waals surface area contributed by atoms with E-state index in [4.69, 9.17) is 0 Å². The number of carbonyl (C=O) groups is 2. The molecule has 0 aromatic heterocycles. The second kappa shape index (κ2) is 4.30. The van der Waals surface area contributed by atoms with Crippen LogP contribution in [0.5, 0.6) is 0 Å². The number of aliphatic carboxylic acids is 1. The lowest BCUT2D eigenvalue weighted by Crippen LogP contribution is -2.51. The van der Waals surface area contributed by atoms with Gasteiger partial charge in [0.1, 0.15) is 5.78 Å². The molecule has 0 amide bonds. The summed E-state index contributed by atoms with van der Waals surface area (Å²) in [6, 6.07) is 0. The summed E-state index contributed by atoms with van der Waals surface area (Å²) in [4.78, 5) is 25.5. The minimum atomic E-state index is -0.933. The lowest BCUT2D eigenvalue weighted by atomic mass is 9.57. The Morgan fingerprint density at radius 2 is 1.92 bits per heavy atom. The standard InChI is InChI=1S/C20H28O5/c1-10-7-19-9-20(10,25)6-3-11(19)18-5-4-12(21)17(2,13(22)8-18)15(18)14(19)16(23)24/h10-12,14-15,21,25H,3-9H2,1-2H3,(H,23,24)/t10?,11?,12-,14+,15+,17+,18-,19-,20+/m0/s1. The zero-order chi connectivity index (χ0) is 18.0. The molecule has 0 aromatic carbocycles. The number of ketones is 1. The largest absolute Gasteiger partial charge is 0.481 e. The highest BCUT2D eigenvalue weighted by Gasteiger charge is 2.82. The monoisotopic (exact) mass is 348 g/mol. The summed E-state index contributed by atoms with van der Waals surface area (Å²) in [5, 5.41) is 32.0. The summed E-state index contributed by atoms with van der Waals surface area (Å²) in [5.74, 6) is -1.38. The van der Waals surface area contributed by atoms with Gasteiger partial charge in [-0.2, -0.15) is 0 Å². The normalized spacial score (nSPS) is 61.9. The van der Waals surface area contributed by atoms with Gasteiger partial charge in [-0.15, -0.1) is 0 Å². The zero-order valence-corrected chi connectivity index (χ0v) is 15.0. The second-order valence-electron chi connectivity index (χ2n) is 10.2. The van der Waals surface area contributed by atoms with Gasteiger partial charge in [0, 0.05) is 6.42 Å². The summed E-state index contributed by atoms with van der Waals surface area (Å²) in [5.41, 5.74) is -2.37. The predicted octanol–water partition coefficient (Wildman–Crippen LogP) is 1.99. The topological polar surface area (TPSA) is 94.8 Å². The third-order valence-electron chi connectivity index (χ3n) is 9.64. The Morgan fingerprint density at radius 1 is 1.20 bits per heavy atom. The number of aliphatic hydroxyl groups is 2. The van der Waals surface area contributed by atoms with Gasteiger partial charge in [-0.25, -0.2) is 0 Å². The van der Waals surface area contributed by atoms with Crippen LogP contribution in [0.25, 0.3) is 0 Å². The molecule has 25 heavy (non-hydrogen) atoms. The first-order valence-corrected chi connectivity index (χ1v) is 9.78. The van der Waals surface area contributed by atoms with Crippen LogP contribution in [0.1, 0.15) is 58.8 Å². The molecule has 9 atom stereocenters. The average Bonchev–Trinajstić information content (AvgIpc) is 2.95. The van der Waals surface area contributed by atoms with Crippen molar-refractivity contribution in [1.29, 1.82) is 0 Å². The summed E-state index contributed by atoms with van der Waals surface area (Å²) < 4.78 is 0. The minimum Gasteiger partial charge on any atom is -0.481 e. The Kier molecular flexibility index (Phi) is 2.80. The number of aliphatic hydroxyl groups excluding tert-OH is 1. The SMILES string of the molecule is CC1C[C@]23C[C@]1(O)CCC2[C@]12CC[C@H](O)[C@](C)(C(=O)C1)[C@H]2[C@@H]3C(=O)O. The van der Waals surface area contributed by atoms with E-state index in [2.05, 4.69) is 6.92 Å². The van der Waals surface area contributed by atoms with Crippen molar-refractivity contribution in [3.05, 3.63) is 0 Å². The van der Waals surface area contributed by atoms with E-state index >= 15 is 0 Å². The van der Waals surface area contributed by atoms with E-state index in [9.17, 15) is 24.9 Å². The van der Waals surface area contributed by atoms with Crippen LogP contribution in [0.3, 0.4) is 0 Å². The summed E-state index contributed by atoms with van der Waals surface area (Å²) in [7, 11) is 0. The van der Waals surface area contributed by atoms with Crippen molar-refractivity contribution in [2.24, 2.45) is 39.9 Å². The number of fused-ring (bicyclic) bond motifs is 1. The van der Waals surface area contributed by atoms with Crippen LogP contribution >= 0.6 is 0 Å². The van der Waals surface area contributed by atoms with E-state index in [-0.39, 0.29) is 29.0 Å². The molecule has 0 saturated heterocycles. The van der Waals surface area contributed by atoms with Gasteiger partial charge in [0.15, 0.2) is 0 Å². The third-order valence-corrected chi connectivity index (χ3v) is 9.64. The smallest absolute Gasteiger partial charge is 0.307 e. The van der Waals surface area contributed by atoms with Gasteiger partial charge < -0.3 is 15.3 Å². The fraction of sp³-hybridized carbons (Fsp3) is 0.900. The summed E-state index contributed by atoms with van der Waals surface area (Å²) in [6.45, 7) is 3.87. The number of hydrogen-bond donors (Lipinski definition) is 3. The quantitative estimate of drug-likeness (QED) is 0.674. The Bertz CT molecular complexity index is 690. The molecular weight excluding hydrogens is 320 g/mol. The average molecular weight is 348 g/mol.